The van der Waals surface area contributed by atoms with Gasteiger partial charge in [-0.1, -0.05) is 12.1 Å². The molecule has 0 saturated carbocycles. The van der Waals surface area contributed by atoms with Gasteiger partial charge in [-0.25, -0.2) is 4.98 Å². The summed E-state index contributed by atoms with van der Waals surface area (Å²) < 4.78 is 40.5. The van der Waals surface area contributed by atoms with E-state index in [0.29, 0.717) is 43.0 Å². The summed E-state index contributed by atoms with van der Waals surface area (Å²) in [4.78, 5) is 21.5. The van der Waals surface area contributed by atoms with Crippen LogP contribution in [0.4, 0.5) is 18.9 Å². The van der Waals surface area contributed by atoms with Crippen LogP contribution in [-0.4, -0.2) is 47.0 Å². The largest absolute Gasteiger partial charge is 0.416 e. The van der Waals surface area contributed by atoms with Gasteiger partial charge < -0.3 is 4.90 Å². The van der Waals surface area contributed by atoms with Crippen LogP contribution in [0.2, 0.25) is 0 Å². The second-order valence-electron chi connectivity index (χ2n) is 7.54. The summed E-state index contributed by atoms with van der Waals surface area (Å²) >= 11 is 0. The molecule has 1 aliphatic heterocycles. The van der Waals surface area contributed by atoms with Crippen molar-refractivity contribution in [2.45, 2.75) is 19.5 Å². The predicted molar refractivity (Wildman–Crippen MR) is 110 cm³/mol. The van der Waals surface area contributed by atoms with Crippen molar-refractivity contribution in [3.63, 3.8) is 0 Å². The molecule has 0 unspecified atom stereocenters. The van der Waals surface area contributed by atoms with Gasteiger partial charge in [0.15, 0.2) is 0 Å². The molecule has 8 heteroatoms. The van der Waals surface area contributed by atoms with E-state index in [9.17, 15) is 18.0 Å². The van der Waals surface area contributed by atoms with E-state index in [1.165, 1.54) is 12.1 Å². The molecule has 0 bridgehead atoms. The highest BCUT2D eigenvalue weighted by atomic mass is 19.4. The van der Waals surface area contributed by atoms with Crippen LogP contribution in [0, 0.1) is 6.92 Å². The van der Waals surface area contributed by atoms with Crippen LogP contribution in [-0.2, 0) is 12.6 Å². The second kappa shape index (κ2) is 8.10. The number of fused-ring (bicyclic) bond motifs is 1. The third-order valence-corrected chi connectivity index (χ3v) is 5.62. The maximum Gasteiger partial charge on any atom is 0.416 e. The second-order valence-corrected chi connectivity index (χ2v) is 7.54. The summed E-state index contributed by atoms with van der Waals surface area (Å²) in [5.74, 6) is 0. The Morgan fingerprint density at radius 2 is 1.80 bits per heavy atom. The third kappa shape index (κ3) is 4.18. The summed E-state index contributed by atoms with van der Waals surface area (Å²) in [5, 5.41) is 0. The van der Waals surface area contributed by atoms with Crippen molar-refractivity contribution in [2.24, 2.45) is 0 Å². The van der Waals surface area contributed by atoms with Gasteiger partial charge >= 0.3 is 6.18 Å². The highest BCUT2D eigenvalue weighted by molar-refractivity contribution is 5.49. The van der Waals surface area contributed by atoms with Crippen LogP contribution in [0.15, 0.2) is 53.5 Å². The van der Waals surface area contributed by atoms with Crippen molar-refractivity contribution in [3.8, 4) is 0 Å². The monoisotopic (exact) mass is 416 g/mol. The number of piperazine rings is 1. The molecule has 3 aromatic rings. The lowest BCUT2D eigenvalue weighted by Gasteiger charge is -2.36. The van der Waals surface area contributed by atoms with E-state index in [-0.39, 0.29) is 5.56 Å². The Bertz CT molecular complexity index is 1100. The molecule has 0 amide bonds. The summed E-state index contributed by atoms with van der Waals surface area (Å²) in [7, 11) is 0. The first kappa shape index (κ1) is 20.4. The number of pyridine rings is 1. The van der Waals surface area contributed by atoms with E-state index in [1.807, 2.05) is 30.0 Å². The normalized spacial score (nSPS) is 15.7. The Morgan fingerprint density at radius 1 is 1.03 bits per heavy atom. The van der Waals surface area contributed by atoms with E-state index in [0.717, 1.165) is 24.8 Å². The fourth-order valence-electron chi connectivity index (χ4n) is 3.90. The first-order chi connectivity index (χ1) is 14.3. The molecule has 4 rings (SSSR count). The fourth-order valence-corrected chi connectivity index (χ4v) is 3.90. The first-order valence-corrected chi connectivity index (χ1v) is 9.94. The molecule has 30 heavy (non-hydrogen) atoms. The lowest BCUT2D eigenvalue weighted by molar-refractivity contribution is -0.137. The average Bonchev–Trinajstić information content (AvgIpc) is 2.73. The summed E-state index contributed by atoms with van der Waals surface area (Å²) in [6.07, 6.45) is -2.02. The number of nitrogens with zero attached hydrogens (tertiary/aromatic N) is 4. The molecule has 158 valence electrons. The van der Waals surface area contributed by atoms with E-state index < -0.39 is 11.7 Å². The van der Waals surface area contributed by atoms with Gasteiger partial charge in [0.1, 0.15) is 5.65 Å². The van der Waals surface area contributed by atoms with Gasteiger partial charge in [0.05, 0.1) is 5.56 Å². The van der Waals surface area contributed by atoms with Gasteiger partial charge in [-0.3, -0.25) is 14.1 Å². The number of hydrogen-bond acceptors (Lipinski definition) is 4. The first-order valence-electron chi connectivity index (χ1n) is 9.94. The Hall–Kier alpha value is -2.87. The molecule has 5 nitrogen and oxygen atoms in total. The van der Waals surface area contributed by atoms with Gasteiger partial charge in [0.25, 0.3) is 5.56 Å². The standard InChI is InChI=1S/C22H23F3N4O/c1-16-19(21(30)29-9-3-2-7-20(29)26-16)8-10-27-11-13-28(14-12-27)18-6-4-5-17(15-18)22(23,24)25/h2-7,9,15H,8,10-14H2,1H3. The van der Waals surface area contributed by atoms with Crippen LogP contribution >= 0.6 is 0 Å². The van der Waals surface area contributed by atoms with Gasteiger partial charge in [-0.05, 0) is 43.7 Å². The molecule has 0 N–H and O–H groups in total. The number of rotatable bonds is 4. The molecule has 0 radical (unpaired) electrons. The third-order valence-electron chi connectivity index (χ3n) is 5.62. The lowest BCUT2D eigenvalue weighted by Crippen LogP contribution is -2.47. The van der Waals surface area contributed by atoms with Crippen molar-refractivity contribution < 1.29 is 13.2 Å². The SMILES string of the molecule is Cc1nc2ccccn2c(=O)c1CCN1CCN(c2cccc(C(F)(F)F)c2)CC1. The molecule has 1 aliphatic rings. The minimum atomic E-state index is -4.34. The zero-order chi connectivity index (χ0) is 21.3. The van der Waals surface area contributed by atoms with Gasteiger partial charge in [0, 0.05) is 55.9 Å². The Kier molecular flexibility index (Phi) is 5.51. The van der Waals surface area contributed by atoms with Crippen LogP contribution in [0.25, 0.3) is 5.65 Å². The van der Waals surface area contributed by atoms with Crippen molar-refractivity contribution in [1.29, 1.82) is 0 Å². The number of halogens is 3. The lowest BCUT2D eigenvalue weighted by atomic mass is 10.1. The number of aryl methyl sites for hydroxylation is 1. The van der Waals surface area contributed by atoms with E-state index in [1.54, 1.807) is 16.7 Å². The highest BCUT2D eigenvalue weighted by Gasteiger charge is 2.31. The Morgan fingerprint density at radius 3 is 2.53 bits per heavy atom. The van der Waals surface area contributed by atoms with Gasteiger partial charge in [0.2, 0.25) is 0 Å². The molecule has 1 saturated heterocycles. The average molecular weight is 416 g/mol. The van der Waals surface area contributed by atoms with Crippen LogP contribution < -0.4 is 10.5 Å². The van der Waals surface area contributed by atoms with Gasteiger partial charge in [-0.2, -0.15) is 13.2 Å². The molecule has 0 aliphatic carbocycles. The molecule has 2 aromatic heterocycles. The molecular formula is C22H23F3N4O. The van der Waals surface area contributed by atoms with Crippen molar-refractivity contribution in [1.82, 2.24) is 14.3 Å². The highest BCUT2D eigenvalue weighted by Crippen LogP contribution is 2.31. The van der Waals surface area contributed by atoms with Crippen molar-refractivity contribution in [2.75, 3.05) is 37.6 Å². The van der Waals surface area contributed by atoms with Crippen LogP contribution in [0.5, 0.6) is 0 Å². The van der Waals surface area contributed by atoms with E-state index in [2.05, 4.69) is 9.88 Å². The molecule has 0 atom stereocenters. The maximum atomic E-state index is 13.0. The molecule has 1 fully saturated rings. The van der Waals surface area contributed by atoms with Crippen molar-refractivity contribution >= 4 is 11.3 Å². The fraction of sp³-hybridized carbons (Fsp3) is 0.364. The van der Waals surface area contributed by atoms with Crippen molar-refractivity contribution in [3.05, 3.63) is 75.8 Å². The van der Waals surface area contributed by atoms with Gasteiger partial charge in [-0.15, -0.1) is 0 Å². The number of alkyl halides is 3. The zero-order valence-corrected chi connectivity index (χ0v) is 16.7. The number of benzene rings is 1. The zero-order valence-electron chi connectivity index (χ0n) is 16.7. The molecular weight excluding hydrogens is 393 g/mol. The minimum Gasteiger partial charge on any atom is -0.369 e. The van der Waals surface area contributed by atoms with E-state index >= 15 is 0 Å². The molecule has 0 spiro atoms. The topological polar surface area (TPSA) is 40.9 Å². The van der Waals surface area contributed by atoms with E-state index in [4.69, 9.17) is 0 Å². The van der Waals surface area contributed by atoms with Crippen LogP contribution in [0.1, 0.15) is 16.8 Å². The number of hydrogen-bond donors (Lipinski definition) is 0. The number of aromatic nitrogens is 2. The Labute approximate surface area is 172 Å². The minimum absolute atomic E-state index is 0.0410. The summed E-state index contributed by atoms with van der Waals surface area (Å²) in [6, 6.07) is 10.9. The Balaban J connectivity index is 1.39. The summed E-state index contributed by atoms with van der Waals surface area (Å²) in [6.45, 7) is 5.34. The predicted octanol–water partition coefficient (Wildman–Crippen LogP) is 3.39. The smallest absolute Gasteiger partial charge is 0.369 e. The maximum absolute atomic E-state index is 13.0. The van der Waals surface area contributed by atoms with Crippen LogP contribution in [0.3, 0.4) is 0 Å². The quantitative estimate of drug-likeness (QED) is 0.654. The summed E-state index contributed by atoms with van der Waals surface area (Å²) in [5.41, 5.74) is 2.02. The molecule has 3 heterocycles. The number of anilines is 1. The molecule has 1 aromatic carbocycles.